The second kappa shape index (κ2) is 9.40. The molecule has 1 fully saturated rings. The fourth-order valence-corrected chi connectivity index (χ4v) is 5.03. The Labute approximate surface area is 176 Å². The number of nitrogens with one attached hydrogen (secondary N) is 1. The zero-order valence-electron chi connectivity index (χ0n) is 16.9. The number of amides is 1. The van der Waals surface area contributed by atoms with Crippen molar-refractivity contribution in [2.45, 2.75) is 31.1 Å². The first-order valence-corrected chi connectivity index (χ1v) is 11.4. The molecule has 1 aliphatic rings. The first-order chi connectivity index (χ1) is 14.3. The number of hydrogen-bond donors (Lipinski definition) is 2. The minimum absolute atomic E-state index is 0.0713. The topological polar surface area (TPSA) is 104 Å². The lowest BCUT2D eigenvalue weighted by atomic mass is 9.97. The van der Waals surface area contributed by atoms with Crippen molar-refractivity contribution in [1.29, 1.82) is 0 Å². The van der Waals surface area contributed by atoms with Gasteiger partial charge in [0.25, 0.3) is 0 Å². The molecule has 0 aliphatic carbocycles. The number of nitrogens with zero attached hydrogens (tertiary/aromatic N) is 1. The molecule has 0 aromatic heterocycles. The summed E-state index contributed by atoms with van der Waals surface area (Å²) in [4.78, 5) is 23.9. The largest absolute Gasteiger partial charge is 0.508 e. The maximum absolute atomic E-state index is 12.8. The average molecular weight is 431 g/mol. The number of hydrogen-bond acceptors (Lipinski definition) is 5. The first kappa shape index (κ1) is 22.0. The molecule has 30 heavy (non-hydrogen) atoms. The van der Waals surface area contributed by atoms with E-state index in [2.05, 4.69) is 5.32 Å². The van der Waals surface area contributed by atoms with Crippen molar-refractivity contribution in [2.24, 2.45) is 5.92 Å². The van der Waals surface area contributed by atoms with Crippen molar-refractivity contribution in [2.75, 3.05) is 19.6 Å². The molecule has 8 heteroatoms. The Morgan fingerprint density at radius 2 is 1.77 bits per heavy atom. The molecule has 0 unspecified atom stereocenters. The van der Waals surface area contributed by atoms with E-state index in [1.807, 2.05) is 6.07 Å². The fraction of sp³-hybridized carbons (Fsp3) is 0.364. The van der Waals surface area contributed by atoms with Crippen LogP contribution in [0.1, 0.15) is 35.7 Å². The van der Waals surface area contributed by atoms with Crippen LogP contribution in [0.3, 0.4) is 0 Å². The molecule has 1 heterocycles. The molecule has 2 aromatic carbocycles. The van der Waals surface area contributed by atoms with Crippen LogP contribution in [0.15, 0.2) is 53.4 Å². The Morgan fingerprint density at radius 1 is 1.10 bits per heavy atom. The van der Waals surface area contributed by atoms with Crippen molar-refractivity contribution in [3.63, 3.8) is 0 Å². The van der Waals surface area contributed by atoms with Crippen molar-refractivity contribution >= 4 is 21.7 Å². The van der Waals surface area contributed by atoms with Gasteiger partial charge in [-0.3, -0.25) is 9.59 Å². The minimum Gasteiger partial charge on any atom is -0.508 e. The lowest BCUT2D eigenvalue weighted by Gasteiger charge is -2.30. The Hall–Kier alpha value is -2.71. The Balaban J connectivity index is 1.50. The van der Waals surface area contributed by atoms with E-state index in [1.165, 1.54) is 35.5 Å². The molecule has 0 bridgehead atoms. The van der Waals surface area contributed by atoms with Crippen LogP contribution >= 0.6 is 0 Å². The molecule has 2 aromatic rings. The van der Waals surface area contributed by atoms with Gasteiger partial charge in [-0.2, -0.15) is 4.31 Å². The lowest BCUT2D eigenvalue weighted by Crippen LogP contribution is -2.43. The smallest absolute Gasteiger partial charge is 0.243 e. The van der Waals surface area contributed by atoms with E-state index >= 15 is 0 Å². The van der Waals surface area contributed by atoms with E-state index in [0.717, 1.165) is 5.56 Å². The Kier molecular flexibility index (Phi) is 6.89. The number of piperidine rings is 1. The predicted molar refractivity (Wildman–Crippen MR) is 113 cm³/mol. The van der Waals surface area contributed by atoms with Gasteiger partial charge in [0.05, 0.1) is 4.90 Å². The number of phenols is 1. The summed E-state index contributed by atoms with van der Waals surface area (Å²) in [7, 11) is -3.64. The van der Waals surface area contributed by atoms with Crippen LogP contribution in [-0.2, 0) is 21.2 Å². The highest BCUT2D eigenvalue weighted by Gasteiger charge is 2.32. The zero-order chi connectivity index (χ0) is 21.7. The van der Waals surface area contributed by atoms with Gasteiger partial charge in [-0.05, 0) is 56.0 Å². The summed E-state index contributed by atoms with van der Waals surface area (Å²) < 4.78 is 27.0. The van der Waals surface area contributed by atoms with Gasteiger partial charge >= 0.3 is 0 Å². The zero-order valence-corrected chi connectivity index (χ0v) is 17.7. The third-order valence-corrected chi connectivity index (χ3v) is 7.26. The van der Waals surface area contributed by atoms with E-state index in [9.17, 15) is 23.1 Å². The minimum atomic E-state index is -3.64. The molecule has 0 radical (unpaired) electrons. The molecule has 1 saturated heterocycles. The number of benzene rings is 2. The highest BCUT2D eigenvalue weighted by atomic mass is 32.2. The van der Waals surface area contributed by atoms with Crippen LogP contribution in [0.2, 0.25) is 0 Å². The summed E-state index contributed by atoms with van der Waals surface area (Å²) in [6.45, 7) is 2.45. The summed E-state index contributed by atoms with van der Waals surface area (Å²) >= 11 is 0. The number of sulfonamides is 1. The number of carbonyl (C=O) groups excluding carboxylic acids is 2. The maximum Gasteiger partial charge on any atom is 0.243 e. The maximum atomic E-state index is 12.8. The number of carbonyl (C=O) groups is 2. The van der Waals surface area contributed by atoms with E-state index < -0.39 is 10.0 Å². The van der Waals surface area contributed by atoms with Crippen LogP contribution in [0, 0.1) is 5.92 Å². The van der Waals surface area contributed by atoms with E-state index in [-0.39, 0.29) is 41.3 Å². The molecule has 160 valence electrons. The number of ketones is 1. The van der Waals surface area contributed by atoms with Crippen LogP contribution in [0.25, 0.3) is 0 Å². The fourth-order valence-electron chi connectivity index (χ4n) is 3.56. The first-order valence-electron chi connectivity index (χ1n) is 9.94. The summed E-state index contributed by atoms with van der Waals surface area (Å²) in [5.41, 5.74) is 1.40. The van der Waals surface area contributed by atoms with Gasteiger partial charge < -0.3 is 10.4 Å². The molecule has 1 aliphatic heterocycles. The van der Waals surface area contributed by atoms with Crippen LogP contribution in [0.4, 0.5) is 0 Å². The summed E-state index contributed by atoms with van der Waals surface area (Å²) in [5, 5.41) is 12.4. The van der Waals surface area contributed by atoms with Crippen LogP contribution in [-0.4, -0.2) is 49.2 Å². The Bertz CT molecular complexity index is 1010. The molecule has 0 spiro atoms. The van der Waals surface area contributed by atoms with Gasteiger partial charge in [-0.1, -0.05) is 24.3 Å². The van der Waals surface area contributed by atoms with Gasteiger partial charge in [0.1, 0.15) is 5.75 Å². The second-order valence-electron chi connectivity index (χ2n) is 7.47. The highest BCUT2D eigenvalue weighted by molar-refractivity contribution is 7.89. The van der Waals surface area contributed by atoms with E-state index in [0.29, 0.717) is 31.4 Å². The lowest BCUT2D eigenvalue weighted by molar-refractivity contribution is -0.126. The summed E-state index contributed by atoms with van der Waals surface area (Å²) in [6, 6.07) is 12.8. The standard InChI is InChI=1S/C22H26N2O5S/c1-16(25)18-5-7-21(8-6-18)30(28,29)24-13-10-19(11-14-24)22(27)23-12-9-17-3-2-4-20(26)15-17/h2-8,15,19,26H,9-14H2,1H3,(H,23,27). The van der Waals surface area contributed by atoms with Crippen molar-refractivity contribution in [1.82, 2.24) is 9.62 Å². The van der Waals surface area contributed by atoms with Crippen LogP contribution < -0.4 is 5.32 Å². The van der Waals surface area contributed by atoms with Crippen molar-refractivity contribution in [3.8, 4) is 5.75 Å². The highest BCUT2D eigenvalue weighted by Crippen LogP contribution is 2.24. The van der Waals surface area contributed by atoms with E-state index in [1.54, 1.807) is 18.2 Å². The summed E-state index contributed by atoms with van der Waals surface area (Å²) in [6.07, 6.45) is 1.54. The molecule has 3 rings (SSSR count). The third kappa shape index (κ3) is 5.25. The number of rotatable bonds is 7. The number of phenolic OH excluding ortho intramolecular Hbond substituents is 1. The molecule has 1 amide bonds. The molecule has 2 N–H and O–H groups in total. The molecule has 0 atom stereocenters. The van der Waals surface area contributed by atoms with Gasteiger partial charge in [-0.15, -0.1) is 0 Å². The van der Waals surface area contributed by atoms with E-state index in [4.69, 9.17) is 0 Å². The van der Waals surface area contributed by atoms with Crippen molar-refractivity contribution < 1.29 is 23.1 Å². The molecule has 0 saturated carbocycles. The van der Waals surface area contributed by atoms with Gasteiger partial charge in [0.15, 0.2) is 5.78 Å². The monoisotopic (exact) mass is 430 g/mol. The van der Waals surface area contributed by atoms with Gasteiger partial charge in [0, 0.05) is 31.1 Å². The molecular formula is C22H26N2O5S. The third-order valence-electron chi connectivity index (χ3n) is 5.35. The SMILES string of the molecule is CC(=O)c1ccc(S(=O)(=O)N2CCC(C(=O)NCCc3cccc(O)c3)CC2)cc1. The van der Waals surface area contributed by atoms with Crippen LogP contribution in [0.5, 0.6) is 5.75 Å². The average Bonchev–Trinajstić information content (AvgIpc) is 2.74. The van der Waals surface area contributed by atoms with Crippen molar-refractivity contribution in [3.05, 3.63) is 59.7 Å². The summed E-state index contributed by atoms with van der Waals surface area (Å²) in [5.74, 6) is -0.211. The Morgan fingerprint density at radius 3 is 2.37 bits per heavy atom. The van der Waals surface area contributed by atoms with Gasteiger partial charge in [0.2, 0.25) is 15.9 Å². The normalized spacial score (nSPS) is 15.6. The second-order valence-corrected chi connectivity index (χ2v) is 9.41. The number of Topliss-reactive ketones (excluding diaryl/α,β-unsaturated/α-hetero) is 1. The predicted octanol–water partition coefficient (Wildman–Crippen LogP) is 2.35. The molecular weight excluding hydrogens is 404 g/mol. The van der Waals surface area contributed by atoms with Gasteiger partial charge in [-0.25, -0.2) is 8.42 Å². The quantitative estimate of drug-likeness (QED) is 0.657. The molecule has 7 nitrogen and oxygen atoms in total. The number of aromatic hydroxyl groups is 1.